The summed E-state index contributed by atoms with van der Waals surface area (Å²) in [5.41, 5.74) is 0.177. The van der Waals surface area contributed by atoms with Crippen LogP contribution in [0.25, 0.3) is 0 Å². The quantitative estimate of drug-likeness (QED) is 0.829. The van der Waals surface area contributed by atoms with Gasteiger partial charge in [-0.25, -0.2) is 8.42 Å². The number of methoxy groups -OCH3 is 2. The average Bonchev–Trinajstić information content (AvgIpc) is 2.44. The maximum absolute atomic E-state index is 12.8. The van der Waals surface area contributed by atoms with E-state index in [1.54, 1.807) is 19.9 Å². The summed E-state index contributed by atoms with van der Waals surface area (Å²) in [5, 5.41) is 9.32. The van der Waals surface area contributed by atoms with Crippen molar-refractivity contribution in [3.05, 3.63) is 23.3 Å². The first-order valence-electron chi connectivity index (χ1n) is 7.06. The molecule has 0 aromatic heterocycles. The van der Waals surface area contributed by atoms with Crippen molar-refractivity contribution < 1.29 is 27.8 Å². The van der Waals surface area contributed by atoms with Crippen molar-refractivity contribution in [3.63, 3.8) is 0 Å². The monoisotopic (exact) mass is 343 g/mol. The highest BCUT2D eigenvalue weighted by Crippen LogP contribution is 2.37. The van der Waals surface area contributed by atoms with Crippen LogP contribution in [0.2, 0.25) is 0 Å². The van der Waals surface area contributed by atoms with Crippen molar-refractivity contribution in [2.45, 2.75) is 18.7 Å². The van der Waals surface area contributed by atoms with Gasteiger partial charge in [0.2, 0.25) is 10.0 Å². The summed E-state index contributed by atoms with van der Waals surface area (Å²) in [6.45, 7) is 3.29. The number of hydrogen-bond acceptors (Lipinski definition) is 5. The van der Waals surface area contributed by atoms with E-state index < -0.39 is 21.4 Å². The van der Waals surface area contributed by atoms with E-state index in [1.807, 2.05) is 0 Å². The Morgan fingerprint density at radius 3 is 2.35 bits per heavy atom. The van der Waals surface area contributed by atoms with Gasteiger partial charge in [-0.2, -0.15) is 4.31 Å². The van der Waals surface area contributed by atoms with Crippen LogP contribution in [0.15, 0.2) is 17.0 Å². The van der Waals surface area contributed by atoms with Gasteiger partial charge in [0.1, 0.15) is 11.2 Å². The van der Waals surface area contributed by atoms with E-state index in [2.05, 4.69) is 0 Å². The number of sulfonamides is 1. The van der Waals surface area contributed by atoms with Gasteiger partial charge in [-0.05, 0) is 37.1 Å². The Morgan fingerprint density at radius 1 is 1.26 bits per heavy atom. The van der Waals surface area contributed by atoms with E-state index in [-0.39, 0.29) is 24.6 Å². The predicted octanol–water partition coefficient (Wildman–Crippen LogP) is 1.03. The fourth-order valence-electron chi connectivity index (χ4n) is 2.77. The lowest BCUT2D eigenvalue weighted by Crippen LogP contribution is -2.64. The molecule has 1 fully saturated rings. The number of carboxylic acid groups (broad SMARTS) is 1. The van der Waals surface area contributed by atoms with Gasteiger partial charge in [-0.3, -0.25) is 4.79 Å². The van der Waals surface area contributed by atoms with Gasteiger partial charge in [-0.1, -0.05) is 0 Å². The second-order valence-electron chi connectivity index (χ2n) is 5.81. The summed E-state index contributed by atoms with van der Waals surface area (Å²) in [6.07, 6.45) is 0. The zero-order valence-electron chi connectivity index (χ0n) is 13.6. The Hall–Kier alpha value is -1.64. The Kier molecular flexibility index (Phi) is 4.70. The first-order valence-corrected chi connectivity index (χ1v) is 8.50. The molecule has 0 amide bonds. The van der Waals surface area contributed by atoms with Crippen LogP contribution in [0.5, 0.6) is 5.75 Å². The van der Waals surface area contributed by atoms with Gasteiger partial charge < -0.3 is 14.6 Å². The van der Waals surface area contributed by atoms with Gasteiger partial charge in [0.05, 0.1) is 18.6 Å². The van der Waals surface area contributed by atoms with E-state index >= 15 is 0 Å². The molecule has 1 aliphatic rings. The van der Waals surface area contributed by atoms with E-state index in [0.717, 1.165) is 5.56 Å². The highest BCUT2D eigenvalue weighted by atomic mass is 32.2. The number of nitrogens with zero attached hydrogens (tertiary/aromatic N) is 1. The number of benzene rings is 1. The predicted molar refractivity (Wildman–Crippen MR) is 83.2 cm³/mol. The first-order chi connectivity index (χ1) is 10.7. The standard InChI is InChI=1S/C15H21NO6S/c1-10-11(2)13(6-5-12(10)22-4)23(19,20)16-7-15(8-16,9-21-3)14(17)18/h5-6H,7-9H2,1-4H3,(H,17,18). The second kappa shape index (κ2) is 6.10. The van der Waals surface area contributed by atoms with Crippen LogP contribution in [0.1, 0.15) is 11.1 Å². The van der Waals surface area contributed by atoms with Crippen molar-refractivity contribution in [3.8, 4) is 5.75 Å². The minimum Gasteiger partial charge on any atom is -0.496 e. The highest BCUT2D eigenvalue weighted by Gasteiger charge is 2.54. The molecule has 1 saturated heterocycles. The normalized spacial score (nSPS) is 17.6. The van der Waals surface area contributed by atoms with E-state index in [0.29, 0.717) is 11.3 Å². The van der Waals surface area contributed by atoms with Crippen LogP contribution in [0.3, 0.4) is 0 Å². The molecule has 1 N–H and O–H groups in total. The SMILES string of the molecule is COCC1(C(=O)O)CN(S(=O)(=O)c2ccc(OC)c(C)c2C)C1. The summed E-state index contributed by atoms with van der Waals surface area (Å²) < 4.78 is 36.8. The molecular formula is C15H21NO6S. The Labute approximate surface area is 135 Å². The number of aliphatic carboxylic acids is 1. The molecule has 128 valence electrons. The number of rotatable bonds is 6. The Morgan fingerprint density at radius 2 is 1.87 bits per heavy atom. The Balaban J connectivity index is 2.32. The van der Waals surface area contributed by atoms with E-state index in [9.17, 15) is 18.3 Å². The summed E-state index contributed by atoms with van der Waals surface area (Å²) >= 11 is 0. The molecular weight excluding hydrogens is 322 g/mol. The smallest absolute Gasteiger partial charge is 0.314 e. The summed E-state index contributed by atoms with van der Waals surface area (Å²) in [7, 11) is -0.818. The molecule has 0 aliphatic carbocycles. The van der Waals surface area contributed by atoms with E-state index in [4.69, 9.17) is 9.47 Å². The number of carbonyl (C=O) groups is 1. The molecule has 0 saturated carbocycles. The van der Waals surface area contributed by atoms with Crippen LogP contribution < -0.4 is 4.74 Å². The van der Waals surface area contributed by atoms with Crippen LogP contribution >= 0.6 is 0 Å². The van der Waals surface area contributed by atoms with Gasteiger partial charge >= 0.3 is 5.97 Å². The molecule has 7 nitrogen and oxygen atoms in total. The van der Waals surface area contributed by atoms with Gasteiger partial charge in [0, 0.05) is 20.2 Å². The van der Waals surface area contributed by atoms with Crippen molar-refractivity contribution in [2.75, 3.05) is 33.9 Å². The second-order valence-corrected chi connectivity index (χ2v) is 7.71. The lowest BCUT2D eigenvalue weighted by atomic mass is 9.83. The minimum atomic E-state index is -3.74. The number of hydrogen-bond donors (Lipinski definition) is 1. The fourth-order valence-corrected chi connectivity index (χ4v) is 4.67. The molecule has 23 heavy (non-hydrogen) atoms. The number of ether oxygens (including phenoxy) is 2. The average molecular weight is 343 g/mol. The Bertz CT molecular complexity index is 722. The largest absolute Gasteiger partial charge is 0.496 e. The van der Waals surface area contributed by atoms with Crippen molar-refractivity contribution in [1.29, 1.82) is 0 Å². The third-order valence-electron chi connectivity index (χ3n) is 4.36. The molecule has 0 bridgehead atoms. The molecule has 1 aromatic carbocycles. The maximum atomic E-state index is 12.8. The topological polar surface area (TPSA) is 93.1 Å². The molecule has 0 spiro atoms. The molecule has 0 unspecified atom stereocenters. The van der Waals surface area contributed by atoms with Crippen LogP contribution in [-0.4, -0.2) is 57.7 Å². The maximum Gasteiger partial charge on any atom is 0.314 e. The minimum absolute atomic E-state index is 0.0189. The van der Waals surface area contributed by atoms with Gasteiger partial charge in [0.15, 0.2) is 0 Å². The van der Waals surface area contributed by atoms with Gasteiger partial charge in [0.25, 0.3) is 0 Å². The zero-order valence-corrected chi connectivity index (χ0v) is 14.4. The number of carboxylic acids is 1. The third-order valence-corrected chi connectivity index (χ3v) is 6.29. The molecule has 8 heteroatoms. The van der Waals surface area contributed by atoms with Crippen LogP contribution in [0, 0.1) is 19.3 Å². The zero-order chi connectivity index (χ0) is 17.4. The van der Waals surface area contributed by atoms with Crippen molar-refractivity contribution in [1.82, 2.24) is 4.31 Å². The molecule has 1 heterocycles. The summed E-state index contributed by atoms with van der Waals surface area (Å²) in [4.78, 5) is 11.6. The van der Waals surface area contributed by atoms with E-state index in [1.165, 1.54) is 24.6 Å². The summed E-state index contributed by atoms with van der Waals surface area (Å²) in [6, 6.07) is 3.10. The fraction of sp³-hybridized carbons (Fsp3) is 0.533. The third kappa shape index (κ3) is 2.82. The molecule has 0 radical (unpaired) electrons. The van der Waals surface area contributed by atoms with Crippen molar-refractivity contribution >= 4 is 16.0 Å². The molecule has 1 aromatic rings. The summed E-state index contributed by atoms with van der Waals surface area (Å²) in [5.74, 6) is -0.433. The highest BCUT2D eigenvalue weighted by molar-refractivity contribution is 7.89. The lowest BCUT2D eigenvalue weighted by molar-refractivity contribution is -0.161. The molecule has 2 rings (SSSR count). The van der Waals surface area contributed by atoms with Crippen LogP contribution in [0.4, 0.5) is 0 Å². The van der Waals surface area contributed by atoms with Crippen molar-refractivity contribution in [2.24, 2.45) is 5.41 Å². The van der Waals surface area contributed by atoms with Crippen LogP contribution in [-0.2, 0) is 19.6 Å². The lowest BCUT2D eigenvalue weighted by Gasteiger charge is -2.45. The molecule has 1 aliphatic heterocycles. The molecule has 0 atom stereocenters. The van der Waals surface area contributed by atoms with Gasteiger partial charge in [-0.15, -0.1) is 0 Å². The first kappa shape index (κ1) is 17.7.